The molecule has 29 heavy (non-hydrogen) atoms. The van der Waals surface area contributed by atoms with Crippen molar-refractivity contribution >= 4 is 34.0 Å². The molecule has 0 bridgehead atoms. The Bertz CT molecular complexity index is 987. The monoisotopic (exact) mass is 424 g/mol. The zero-order valence-electron chi connectivity index (χ0n) is 15.1. The molecule has 0 saturated carbocycles. The average molecular weight is 424 g/mol. The van der Waals surface area contributed by atoms with E-state index < -0.39 is 27.9 Å². The summed E-state index contributed by atoms with van der Waals surface area (Å²) in [6.07, 6.45) is 1.21. The summed E-state index contributed by atoms with van der Waals surface area (Å²) in [7, 11) is -4.28. The Balaban J connectivity index is 2.19. The van der Waals surface area contributed by atoms with Crippen LogP contribution in [0.2, 0.25) is 0 Å². The van der Waals surface area contributed by atoms with Crippen molar-refractivity contribution in [2.75, 3.05) is 18.4 Å². The third kappa shape index (κ3) is 5.88. The van der Waals surface area contributed by atoms with Gasteiger partial charge in [0.05, 0.1) is 12.0 Å². The van der Waals surface area contributed by atoms with Crippen LogP contribution in [0.15, 0.2) is 45.9 Å². The van der Waals surface area contributed by atoms with Crippen molar-refractivity contribution in [3.63, 3.8) is 0 Å². The van der Waals surface area contributed by atoms with E-state index in [1.807, 2.05) is 0 Å². The minimum atomic E-state index is -4.28. The fourth-order valence-corrected chi connectivity index (χ4v) is 3.78. The van der Waals surface area contributed by atoms with E-state index in [0.717, 1.165) is 0 Å². The van der Waals surface area contributed by atoms with E-state index in [4.69, 9.17) is 10.2 Å². The Morgan fingerprint density at radius 3 is 2.66 bits per heavy atom. The zero-order valence-corrected chi connectivity index (χ0v) is 15.9. The van der Waals surface area contributed by atoms with Crippen LogP contribution in [0.25, 0.3) is 0 Å². The van der Waals surface area contributed by atoms with E-state index in [1.54, 1.807) is 0 Å². The van der Waals surface area contributed by atoms with Gasteiger partial charge >= 0.3 is 5.97 Å². The Hall–Kier alpha value is -3.22. The molecule has 2 amide bonds. The van der Waals surface area contributed by atoms with Crippen molar-refractivity contribution in [1.29, 1.82) is 0 Å². The molecule has 1 aromatic carbocycles. The largest absolute Gasteiger partial charge is 0.480 e. The normalized spacial score (nSPS) is 12.2. The number of carbonyl (C=O) groups excluding carboxylic acids is 2. The van der Waals surface area contributed by atoms with Crippen molar-refractivity contribution in [3.05, 3.63) is 47.9 Å². The van der Waals surface area contributed by atoms with E-state index in [9.17, 15) is 27.9 Å². The van der Waals surface area contributed by atoms with Crippen molar-refractivity contribution < 1.29 is 32.3 Å². The highest BCUT2D eigenvalue weighted by atomic mass is 32.2. The number of anilines is 1. The molecular weight excluding hydrogens is 404 g/mol. The standard InChI is InChI=1S/C17H20N4O7S/c18-5-6-19-16(23)14-8-11(9-28-14)7-13(17(24)25)21-29(26,27)15-4-2-1-3-12(15)20-10-22/h1-4,8-10,13,21H,5-7,18H2,(H,19,23)(H,20,22)(H,24,25)/t13-/m0/s1. The summed E-state index contributed by atoms with van der Waals surface area (Å²) in [5, 5.41) is 14.2. The SMILES string of the molecule is NCCNC(=O)c1cc(C[C@H](NS(=O)(=O)c2ccccc2NC=O)C(=O)O)co1. The number of rotatable bonds is 11. The van der Waals surface area contributed by atoms with Crippen molar-refractivity contribution in [2.24, 2.45) is 5.73 Å². The van der Waals surface area contributed by atoms with Gasteiger partial charge in [0.25, 0.3) is 5.91 Å². The van der Waals surface area contributed by atoms with Crippen LogP contribution in [0.1, 0.15) is 16.1 Å². The van der Waals surface area contributed by atoms with Gasteiger partial charge in [0.15, 0.2) is 5.76 Å². The molecule has 0 spiro atoms. The predicted molar refractivity (Wildman–Crippen MR) is 102 cm³/mol. The minimum absolute atomic E-state index is 0.00121. The Labute approximate surface area is 166 Å². The van der Waals surface area contributed by atoms with E-state index >= 15 is 0 Å². The maximum Gasteiger partial charge on any atom is 0.322 e. The van der Waals surface area contributed by atoms with Gasteiger partial charge in [-0.25, -0.2) is 8.42 Å². The lowest BCUT2D eigenvalue weighted by Crippen LogP contribution is -2.42. The summed E-state index contributed by atoms with van der Waals surface area (Å²) in [4.78, 5) is 33.8. The topological polar surface area (TPSA) is 181 Å². The molecule has 11 nitrogen and oxygen atoms in total. The first-order valence-electron chi connectivity index (χ1n) is 8.38. The van der Waals surface area contributed by atoms with Gasteiger partial charge in [-0.15, -0.1) is 0 Å². The van der Waals surface area contributed by atoms with Gasteiger partial charge in [0.1, 0.15) is 10.9 Å². The molecule has 0 aliphatic rings. The van der Waals surface area contributed by atoms with Gasteiger partial charge in [0, 0.05) is 19.5 Å². The lowest BCUT2D eigenvalue weighted by Gasteiger charge is -2.15. The number of nitrogens with one attached hydrogen (secondary N) is 3. The fraction of sp³-hybridized carbons (Fsp3) is 0.235. The first-order chi connectivity index (χ1) is 13.8. The van der Waals surface area contributed by atoms with E-state index in [2.05, 4.69) is 15.4 Å². The molecule has 1 aromatic heterocycles. The maximum atomic E-state index is 12.6. The van der Waals surface area contributed by atoms with Gasteiger partial charge in [-0.2, -0.15) is 4.72 Å². The second kappa shape index (κ2) is 9.82. The summed E-state index contributed by atoms with van der Waals surface area (Å²) >= 11 is 0. The Kier molecular flexibility index (Phi) is 7.47. The first kappa shape index (κ1) is 22.1. The lowest BCUT2D eigenvalue weighted by molar-refractivity contribution is -0.138. The molecule has 0 radical (unpaired) electrons. The number of furan rings is 1. The number of para-hydroxylation sites is 1. The van der Waals surface area contributed by atoms with Gasteiger partial charge in [-0.05, 0) is 23.8 Å². The van der Waals surface area contributed by atoms with E-state index in [0.29, 0.717) is 12.0 Å². The molecule has 0 aliphatic heterocycles. The fourth-order valence-electron chi connectivity index (χ4n) is 2.42. The molecule has 0 unspecified atom stereocenters. The third-order valence-electron chi connectivity index (χ3n) is 3.73. The highest BCUT2D eigenvalue weighted by Gasteiger charge is 2.28. The summed E-state index contributed by atoms with van der Waals surface area (Å²) in [5.74, 6) is -2.01. The molecule has 0 aliphatic carbocycles. The van der Waals surface area contributed by atoms with Crippen LogP contribution < -0.4 is 21.1 Å². The maximum absolute atomic E-state index is 12.6. The number of carbonyl (C=O) groups is 3. The van der Waals surface area contributed by atoms with Gasteiger partial charge < -0.3 is 25.9 Å². The number of amides is 2. The third-order valence-corrected chi connectivity index (χ3v) is 5.26. The van der Waals surface area contributed by atoms with E-state index in [1.165, 1.54) is 36.6 Å². The number of hydrogen-bond donors (Lipinski definition) is 5. The lowest BCUT2D eigenvalue weighted by atomic mass is 10.1. The molecule has 2 aromatic rings. The molecule has 0 fully saturated rings. The molecule has 6 N–H and O–H groups in total. The van der Waals surface area contributed by atoms with Crippen LogP contribution in [0.4, 0.5) is 5.69 Å². The van der Waals surface area contributed by atoms with Gasteiger partial charge in [0.2, 0.25) is 16.4 Å². The summed E-state index contributed by atoms with van der Waals surface area (Å²) in [5.41, 5.74) is 5.60. The number of benzene rings is 1. The smallest absolute Gasteiger partial charge is 0.322 e. The van der Waals surface area contributed by atoms with Crippen LogP contribution >= 0.6 is 0 Å². The molecule has 0 saturated heterocycles. The number of sulfonamides is 1. The van der Waals surface area contributed by atoms with Crippen LogP contribution in [0, 0.1) is 0 Å². The average Bonchev–Trinajstić information content (AvgIpc) is 3.14. The van der Waals surface area contributed by atoms with Crippen LogP contribution in [-0.2, 0) is 26.0 Å². The van der Waals surface area contributed by atoms with Crippen molar-refractivity contribution in [3.8, 4) is 0 Å². The number of aliphatic carboxylic acids is 1. The quantitative estimate of drug-likeness (QED) is 0.300. The highest BCUT2D eigenvalue weighted by Crippen LogP contribution is 2.21. The van der Waals surface area contributed by atoms with Crippen LogP contribution in [-0.4, -0.2) is 50.9 Å². The van der Waals surface area contributed by atoms with Gasteiger partial charge in [-0.1, -0.05) is 12.1 Å². The summed E-state index contributed by atoms with van der Waals surface area (Å²) in [6, 6.07) is 5.32. The Morgan fingerprint density at radius 1 is 1.28 bits per heavy atom. The number of hydrogen-bond acceptors (Lipinski definition) is 7. The molecule has 1 atom stereocenters. The molecule has 1 heterocycles. The van der Waals surface area contributed by atoms with Crippen LogP contribution in [0.5, 0.6) is 0 Å². The second-order valence-electron chi connectivity index (χ2n) is 5.84. The second-order valence-corrected chi connectivity index (χ2v) is 7.52. The number of nitrogens with two attached hydrogens (primary N) is 1. The van der Waals surface area contributed by atoms with Crippen LogP contribution in [0.3, 0.4) is 0 Å². The zero-order chi connectivity index (χ0) is 21.4. The van der Waals surface area contributed by atoms with Crippen molar-refractivity contribution in [2.45, 2.75) is 17.4 Å². The highest BCUT2D eigenvalue weighted by molar-refractivity contribution is 7.89. The summed E-state index contributed by atoms with van der Waals surface area (Å²) in [6.45, 7) is 0.475. The number of carboxylic acids is 1. The molecule has 12 heteroatoms. The predicted octanol–water partition coefficient (Wildman–Crippen LogP) is -0.489. The summed E-state index contributed by atoms with van der Waals surface area (Å²) < 4.78 is 32.5. The Morgan fingerprint density at radius 2 is 2.00 bits per heavy atom. The van der Waals surface area contributed by atoms with Crippen molar-refractivity contribution in [1.82, 2.24) is 10.0 Å². The molecule has 2 rings (SSSR count). The molecule has 156 valence electrons. The minimum Gasteiger partial charge on any atom is -0.480 e. The molecular formula is C17H20N4O7S. The van der Waals surface area contributed by atoms with Gasteiger partial charge in [-0.3, -0.25) is 14.4 Å². The number of carboxylic acid groups (broad SMARTS) is 1. The first-order valence-corrected chi connectivity index (χ1v) is 9.87. The van der Waals surface area contributed by atoms with E-state index in [-0.39, 0.29) is 35.9 Å².